The molecule has 2 aliphatic rings. The summed E-state index contributed by atoms with van der Waals surface area (Å²) in [6, 6.07) is 8.61. The molecular weight excluding hydrogens is 306 g/mol. The standard InChI is InChI=1S/C17H17N5O2/c23-17(20-14-9-12-3-4-13(14)19-12)11-2-1-10-8-16(24-15(10)7-11)22-6-5-18-21-22/h1-2,5-8,12-14,19H,3-4,9H2,(H,20,23)/t12-,13+,14-/m1/s1. The van der Waals surface area contributed by atoms with Gasteiger partial charge < -0.3 is 15.1 Å². The van der Waals surface area contributed by atoms with Crippen LogP contribution in [0, 0.1) is 0 Å². The summed E-state index contributed by atoms with van der Waals surface area (Å²) in [5, 5.41) is 15.3. The number of furan rings is 1. The summed E-state index contributed by atoms with van der Waals surface area (Å²) in [6.07, 6.45) is 6.70. The van der Waals surface area contributed by atoms with Crippen LogP contribution in [0.2, 0.25) is 0 Å². The van der Waals surface area contributed by atoms with Crippen LogP contribution >= 0.6 is 0 Å². The molecule has 24 heavy (non-hydrogen) atoms. The van der Waals surface area contributed by atoms with Crippen molar-refractivity contribution in [2.75, 3.05) is 0 Å². The number of nitrogens with one attached hydrogen (secondary N) is 2. The summed E-state index contributed by atoms with van der Waals surface area (Å²) in [5.41, 5.74) is 1.28. The Kier molecular flexibility index (Phi) is 2.96. The topological polar surface area (TPSA) is 85.0 Å². The van der Waals surface area contributed by atoms with Gasteiger partial charge in [-0.15, -0.1) is 5.10 Å². The molecule has 2 bridgehead atoms. The van der Waals surface area contributed by atoms with E-state index >= 15 is 0 Å². The molecule has 0 unspecified atom stereocenters. The highest BCUT2D eigenvalue weighted by Gasteiger charge is 2.39. The Bertz CT molecular complexity index is 901. The molecule has 2 aromatic heterocycles. The van der Waals surface area contributed by atoms with E-state index in [2.05, 4.69) is 20.9 Å². The zero-order valence-corrected chi connectivity index (χ0v) is 13.0. The Morgan fingerprint density at radius 1 is 1.33 bits per heavy atom. The van der Waals surface area contributed by atoms with Crippen molar-refractivity contribution >= 4 is 16.9 Å². The maximum absolute atomic E-state index is 12.5. The van der Waals surface area contributed by atoms with Crippen LogP contribution in [0.4, 0.5) is 0 Å². The Morgan fingerprint density at radius 2 is 2.29 bits per heavy atom. The van der Waals surface area contributed by atoms with Gasteiger partial charge in [-0.1, -0.05) is 11.3 Å². The molecule has 122 valence electrons. The van der Waals surface area contributed by atoms with Crippen LogP contribution in [-0.4, -0.2) is 39.0 Å². The van der Waals surface area contributed by atoms with Crippen molar-refractivity contribution in [1.29, 1.82) is 0 Å². The third-order valence-corrected chi connectivity index (χ3v) is 5.03. The molecule has 2 fully saturated rings. The second-order valence-electron chi connectivity index (χ2n) is 6.55. The van der Waals surface area contributed by atoms with Crippen LogP contribution in [0.3, 0.4) is 0 Å². The highest BCUT2D eigenvalue weighted by Crippen LogP contribution is 2.29. The number of rotatable bonds is 3. The van der Waals surface area contributed by atoms with Crippen LogP contribution in [0.25, 0.3) is 16.9 Å². The van der Waals surface area contributed by atoms with E-state index in [1.165, 1.54) is 6.42 Å². The molecule has 4 heterocycles. The van der Waals surface area contributed by atoms with Gasteiger partial charge in [0.05, 0.1) is 12.4 Å². The van der Waals surface area contributed by atoms with Gasteiger partial charge in [0.2, 0.25) is 5.88 Å². The average molecular weight is 323 g/mol. The summed E-state index contributed by atoms with van der Waals surface area (Å²) in [7, 11) is 0. The van der Waals surface area contributed by atoms with Gasteiger partial charge in [0.15, 0.2) is 0 Å². The summed E-state index contributed by atoms with van der Waals surface area (Å²) in [4.78, 5) is 12.5. The number of benzene rings is 1. The Hall–Kier alpha value is -2.67. The predicted octanol–water partition coefficient (Wildman–Crippen LogP) is 1.64. The van der Waals surface area contributed by atoms with Crippen LogP contribution < -0.4 is 10.6 Å². The molecule has 0 radical (unpaired) electrons. The van der Waals surface area contributed by atoms with Crippen molar-refractivity contribution in [3.63, 3.8) is 0 Å². The zero-order chi connectivity index (χ0) is 16.1. The molecule has 1 amide bonds. The molecule has 1 aromatic carbocycles. The molecule has 7 heteroatoms. The van der Waals surface area contributed by atoms with Crippen molar-refractivity contribution in [3.05, 3.63) is 42.2 Å². The molecule has 2 aliphatic heterocycles. The summed E-state index contributed by atoms with van der Waals surface area (Å²) >= 11 is 0. The third kappa shape index (κ3) is 2.20. The van der Waals surface area contributed by atoms with Crippen molar-refractivity contribution in [2.24, 2.45) is 0 Å². The van der Waals surface area contributed by atoms with Gasteiger partial charge in [0.25, 0.3) is 5.91 Å². The third-order valence-electron chi connectivity index (χ3n) is 5.03. The second-order valence-corrected chi connectivity index (χ2v) is 6.55. The monoisotopic (exact) mass is 323 g/mol. The smallest absolute Gasteiger partial charge is 0.251 e. The molecule has 0 saturated carbocycles. The minimum atomic E-state index is -0.0463. The first-order valence-electron chi connectivity index (χ1n) is 8.23. The number of hydrogen-bond acceptors (Lipinski definition) is 5. The van der Waals surface area contributed by atoms with Gasteiger partial charge in [-0.3, -0.25) is 4.79 Å². The lowest BCUT2D eigenvalue weighted by molar-refractivity contribution is 0.0931. The number of carbonyl (C=O) groups excluding carboxylic acids is 1. The van der Waals surface area contributed by atoms with Crippen LogP contribution in [0.5, 0.6) is 0 Å². The number of hydrogen-bond donors (Lipinski definition) is 2. The lowest BCUT2D eigenvalue weighted by Crippen LogP contribution is -2.42. The number of aromatic nitrogens is 3. The van der Waals surface area contributed by atoms with E-state index in [0.717, 1.165) is 18.2 Å². The number of carbonyl (C=O) groups is 1. The van der Waals surface area contributed by atoms with E-state index in [4.69, 9.17) is 4.42 Å². The molecular formula is C17H17N5O2. The highest BCUT2D eigenvalue weighted by molar-refractivity contribution is 5.98. The number of fused-ring (bicyclic) bond motifs is 3. The Balaban J connectivity index is 1.39. The van der Waals surface area contributed by atoms with Crippen molar-refractivity contribution in [1.82, 2.24) is 25.6 Å². The fourth-order valence-electron chi connectivity index (χ4n) is 3.83. The molecule has 3 aromatic rings. The van der Waals surface area contributed by atoms with E-state index < -0.39 is 0 Å². The largest absolute Gasteiger partial charge is 0.438 e. The van der Waals surface area contributed by atoms with E-state index in [1.807, 2.05) is 18.2 Å². The Labute approximate surface area is 138 Å². The average Bonchev–Trinajstić information content (AvgIpc) is 3.35. The van der Waals surface area contributed by atoms with E-state index in [0.29, 0.717) is 29.1 Å². The maximum Gasteiger partial charge on any atom is 0.251 e. The predicted molar refractivity (Wildman–Crippen MR) is 86.9 cm³/mol. The fourth-order valence-corrected chi connectivity index (χ4v) is 3.83. The van der Waals surface area contributed by atoms with Gasteiger partial charge in [-0.2, -0.15) is 4.68 Å². The SMILES string of the molecule is O=C(N[C@@H]1C[C@H]2CC[C@@H]1N2)c1ccc2cc(-n3ccnn3)oc2c1. The fraction of sp³-hybridized carbons (Fsp3) is 0.353. The van der Waals surface area contributed by atoms with Gasteiger partial charge in [0, 0.05) is 35.1 Å². The minimum Gasteiger partial charge on any atom is -0.438 e. The summed E-state index contributed by atoms with van der Waals surface area (Å²) in [6.45, 7) is 0. The van der Waals surface area contributed by atoms with E-state index in [-0.39, 0.29) is 11.9 Å². The van der Waals surface area contributed by atoms with E-state index in [1.54, 1.807) is 23.1 Å². The highest BCUT2D eigenvalue weighted by atomic mass is 16.4. The van der Waals surface area contributed by atoms with Crippen LogP contribution in [0.1, 0.15) is 29.6 Å². The van der Waals surface area contributed by atoms with Gasteiger partial charge >= 0.3 is 0 Å². The van der Waals surface area contributed by atoms with Crippen LogP contribution in [-0.2, 0) is 0 Å². The number of nitrogens with zero attached hydrogens (tertiary/aromatic N) is 3. The van der Waals surface area contributed by atoms with Gasteiger partial charge in [-0.25, -0.2) is 0 Å². The molecule has 7 nitrogen and oxygen atoms in total. The molecule has 2 saturated heterocycles. The lowest BCUT2D eigenvalue weighted by atomic mass is 9.95. The van der Waals surface area contributed by atoms with Crippen LogP contribution in [0.15, 0.2) is 41.1 Å². The zero-order valence-electron chi connectivity index (χ0n) is 13.0. The molecule has 2 N–H and O–H groups in total. The quantitative estimate of drug-likeness (QED) is 0.765. The van der Waals surface area contributed by atoms with Gasteiger partial charge in [0.1, 0.15) is 5.58 Å². The maximum atomic E-state index is 12.5. The second kappa shape index (κ2) is 5.17. The Morgan fingerprint density at radius 3 is 3.04 bits per heavy atom. The van der Waals surface area contributed by atoms with Gasteiger partial charge in [-0.05, 0) is 31.4 Å². The van der Waals surface area contributed by atoms with Crippen molar-refractivity contribution in [2.45, 2.75) is 37.4 Å². The minimum absolute atomic E-state index is 0.0463. The normalized spacial score (nSPS) is 25.4. The summed E-state index contributed by atoms with van der Waals surface area (Å²) in [5.74, 6) is 0.535. The molecule has 0 aliphatic carbocycles. The first-order valence-corrected chi connectivity index (χ1v) is 8.23. The first-order chi connectivity index (χ1) is 11.8. The van der Waals surface area contributed by atoms with Crippen molar-refractivity contribution < 1.29 is 9.21 Å². The summed E-state index contributed by atoms with van der Waals surface area (Å²) < 4.78 is 7.35. The van der Waals surface area contributed by atoms with E-state index in [9.17, 15) is 4.79 Å². The first kappa shape index (κ1) is 13.7. The molecule has 3 atom stereocenters. The molecule has 0 spiro atoms. The van der Waals surface area contributed by atoms with Crippen molar-refractivity contribution in [3.8, 4) is 5.88 Å². The lowest BCUT2D eigenvalue weighted by Gasteiger charge is -2.21. The molecule has 5 rings (SSSR count). The number of amides is 1.